The van der Waals surface area contributed by atoms with E-state index in [-0.39, 0.29) is 6.61 Å². The van der Waals surface area contributed by atoms with Crippen LogP contribution in [-0.4, -0.2) is 33.0 Å². The van der Waals surface area contributed by atoms with Crippen molar-refractivity contribution < 1.29 is 24.1 Å². The number of rotatable bonds is 7. The van der Waals surface area contributed by atoms with Crippen molar-refractivity contribution in [2.45, 2.75) is 17.9 Å². The first-order chi connectivity index (χ1) is 23.4. The Hall–Kier alpha value is -5.52. The van der Waals surface area contributed by atoms with Crippen LogP contribution in [0.2, 0.25) is 0 Å². The van der Waals surface area contributed by atoms with Gasteiger partial charge in [0.25, 0.3) is 0 Å². The van der Waals surface area contributed by atoms with Crippen molar-refractivity contribution in [2.24, 2.45) is 0 Å². The van der Waals surface area contributed by atoms with Gasteiger partial charge in [-0.2, -0.15) is 0 Å². The number of fused-ring (bicyclic) bond motifs is 8. The maximum atomic E-state index is 11.3. The van der Waals surface area contributed by atoms with Crippen LogP contribution in [0.1, 0.15) is 34.7 Å². The van der Waals surface area contributed by atoms with Crippen molar-refractivity contribution in [2.75, 3.05) is 27.9 Å². The third-order valence-electron chi connectivity index (χ3n) is 10.1. The topological polar surface area (TPSA) is 57.2 Å². The fourth-order valence-electron chi connectivity index (χ4n) is 7.58. The van der Waals surface area contributed by atoms with E-state index in [0.29, 0.717) is 0 Å². The number of ether oxygens (including phenoxy) is 4. The van der Waals surface area contributed by atoms with E-state index in [4.69, 9.17) is 18.9 Å². The summed E-state index contributed by atoms with van der Waals surface area (Å²) in [6.07, 6.45) is 4.33. The summed E-state index contributed by atoms with van der Waals surface area (Å²) in [5, 5.41) is 13.3. The molecule has 1 aliphatic carbocycles. The van der Waals surface area contributed by atoms with Gasteiger partial charge in [0.05, 0.1) is 27.9 Å². The molecule has 0 spiro atoms. The minimum absolute atomic E-state index is 0.0664. The zero-order valence-corrected chi connectivity index (χ0v) is 27.4. The van der Waals surface area contributed by atoms with Gasteiger partial charge in [0.2, 0.25) is 0 Å². The van der Waals surface area contributed by atoms with Gasteiger partial charge in [-0.05, 0) is 100 Å². The first-order valence-corrected chi connectivity index (χ1v) is 16.1. The lowest BCUT2D eigenvalue weighted by Crippen LogP contribution is -2.35. The minimum Gasteiger partial charge on any atom is -0.497 e. The smallest absolute Gasteiger partial charge is 0.178 e. The Morgan fingerprint density at radius 1 is 0.646 bits per heavy atom. The van der Waals surface area contributed by atoms with Crippen LogP contribution in [0.15, 0.2) is 121 Å². The molecule has 5 nitrogen and oxygen atoms in total. The number of methoxy groups -OCH3 is 3. The summed E-state index contributed by atoms with van der Waals surface area (Å²) >= 11 is 0. The molecule has 0 amide bonds. The largest absolute Gasteiger partial charge is 0.497 e. The van der Waals surface area contributed by atoms with E-state index in [1.165, 1.54) is 0 Å². The van der Waals surface area contributed by atoms with Crippen LogP contribution < -0.4 is 18.9 Å². The summed E-state index contributed by atoms with van der Waals surface area (Å²) in [4.78, 5) is 0. The predicted molar refractivity (Wildman–Crippen MR) is 191 cm³/mol. The van der Waals surface area contributed by atoms with Crippen LogP contribution >= 0.6 is 0 Å². The third kappa shape index (κ3) is 4.35. The lowest BCUT2D eigenvalue weighted by atomic mass is 9.75. The molecule has 48 heavy (non-hydrogen) atoms. The molecular formula is C43H36O5. The number of aliphatic hydroxyl groups excluding tert-OH is 1. The molecular weight excluding hydrogens is 596 g/mol. The SMILES string of the molecule is COc1ccc(C2(c3ccc(OC)cc3)C=Cc3c4c(c5cc(OC)ccc5c3O2)-c2ccc(-c3ccccc3)cc2C4(C)CO)cc1. The lowest BCUT2D eigenvalue weighted by Gasteiger charge is -2.38. The normalized spacial score (nSPS) is 16.9. The van der Waals surface area contributed by atoms with Crippen molar-refractivity contribution in [3.05, 3.63) is 149 Å². The summed E-state index contributed by atoms with van der Waals surface area (Å²) in [6, 6.07) is 39.2. The Kier molecular flexibility index (Phi) is 7.04. The van der Waals surface area contributed by atoms with Crippen LogP contribution in [0.5, 0.6) is 23.0 Å². The molecule has 6 aromatic rings. The molecule has 0 saturated carbocycles. The third-order valence-corrected chi connectivity index (χ3v) is 10.1. The van der Waals surface area contributed by atoms with Gasteiger partial charge in [0.1, 0.15) is 23.0 Å². The second-order valence-corrected chi connectivity index (χ2v) is 12.6. The fraction of sp³-hybridized carbons (Fsp3) is 0.163. The summed E-state index contributed by atoms with van der Waals surface area (Å²) in [6.45, 7) is 2.07. The molecule has 0 fully saturated rings. The first kappa shape index (κ1) is 29.9. The average Bonchev–Trinajstić information content (AvgIpc) is 3.43. The Bertz CT molecular complexity index is 2150. The monoisotopic (exact) mass is 632 g/mol. The van der Waals surface area contributed by atoms with Crippen LogP contribution in [0.25, 0.3) is 39.1 Å². The highest BCUT2D eigenvalue weighted by Crippen LogP contribution is 2.59. The van der Waals surface area contributed by atoms with Crippen molar-refractivity contribution in [3.63, 3.8) is 0 Å². The number of hydrogen-bond acceptors (Lipinski definition) is 5. The van der Waals surface area contributed by atoms with E-state index in [0.717, 1.165) is 83.8 Å². The predicted octanol–water partition coefficient (Wildman–Crippen LogP) is 9.16. The Balaban J connectivity index is 1.41. The number of aliphatic hydroxyl groups is 1. The minimum atomic E-state index is -0.950. The molecule has 0 saturated heterocycles. The van der Waals surface area contributed by atoms with Gasteiger partial charge in [0, 0.05) is 27.5 Å². The lowest BCUT2D eigenvalue weighted by molar-refractivity contribution is 0.162. The quantitative estimate of drug-likeness (QED) is 0.190. The Morgan fingerprint density at radius 2 is 1.27 bits per heavy atom. The molecule has 1 unspecified atom stereocenters. The van der Waals surface area contributed by atoms with Crippen LogP contribution in [-0.2, 0) is 11.0 Å². The van der Waals surface area contributed by atoms with Gasteiger partial charge in [-0.1, -0.05) is 72.8 Å². The molecule has 8 rings (SSSR count). The molecule has 238 valence electrons. The van der Waals surface area contributed by atoms with Crippen LogP contribution in [0.3, 0.4) is 0 Å². The summed E-state index contributed by atoms with van der Waals surface area (Å²) < 4.78 is 24.2. The van der Waals surface area contributed by atoms with E-state index in [1.54, 1.807) is 21.3 Å². The van der Waals surface area contributed by atoms with Crippen molar-refractivity contribution in [3.8, 4) is 45.3 Å². The molecule has 0 aromatic heterocycles. The second kappa shape index (κ2) is 11.3. The summed E-state index contributed by atoms with van der Waals surface area (Å²) in [5.41, 5.74) is 7.84. The Morgan fingerprint density at radius 3 is 1.88 bits per heavy atom. The molecule has 5 heteroatoms. The molecule has 1 aliphatic heterocycles. The number of hydrogen-bond donors (Lipinski definition) is 1. The zero-order chi connectivity index (χ0) is 33.0. The second-order valence-electron chi connectivity index (χ2n) is 12.6. The molecule has 1 heterocycles. The molecule has 1 N–H and O–H groups in total. The maximum absolute atomic E-state index is 11.3. The van der Waals surface area contributed by atoms with Gasteiger partial charge >= 0.3 is 0 Å². The molecule has 0 bridgehead atoms. The van der Waals surface area contributed by atoms with Gasteiger partial charge < -0.3 is 24.1 Å². The molecule has 2 aliphatic rings. The van der Waals surface area contributed by atoms with E-state index in [9.17, 15) is 5.11 Å². The number of benzene rings is 6. The highest BCUT2D eigenvalue weighted by Gasteiger charge is 2.46. The van der Waals surface area contributed by atoms with E-state index < -0.39 is 11.0 Å². The van der Waals surface area contributed by atoms with E-state index in [1.807, 2.05) is 36.4 Å². The van der Waals surface area contributed by atoms with Crippen LogP contribution in [0, 0.1) is 0 Å². The van der Waals surface area contributed by atoms with E-state index >= 15 is 0 Å². The average molecular weight is 633 g/mol. The van der Waals surface area contributed by atoms with E-state index in [2.05, 4.69) is 97.9 Å². The highest BCUT2D eigenvalue weighted by atomic mass is 16.5. The first-order valence-electron chi connectivity index (χ1n) is 16.1. The van der Waals surface area contributed by atoms with Crippen molar-refractivity contribution in [1.29, 1.82) is 0 Å². The van der Waals surface area contributed by atoms with Crippen molar-refractivity contribution in [1.82, 2.24) is 0 Å². The van der Waals surface area contributed by atoms with Gasteiger partial charge in [0.15, 0.2) is 5.60 Å². The molecule has 6 aromatic carbocycles. The van der Waals surface area contributed by atoms with Crippen LogP contribution in [0.4, 0.5) is 0 Å². The molecule has 0 radical (unpaired) electrons. The zero-order valence-electron chi connectivity index (χ0n) is 27.4. The maximum Gasteiger partial charge on any atom is 0.178 e. The standard InChI is InChI=1S/C43H36O5/c1-42(26-44)38-24-28(27-8-6-5-7-9-27)10-20-35(38)39-37-25-33(47-4)19-21-34(37)41-36(40(39)42)22-23-43(48-41,29-11-15-31(45-2)16-12-29)30-13-17-32(46-3)18-14-30/h5-25,44H,26H2,1-4H3. The summed E-state index contributed by atoms with van der Waals surface area (Å²) in [7, 11) is 5.03. The Labute approximate surface area is 280 Å². The highest BCUT2D eigenvalue weighted by molar-refractivity contribution is 6.09. The van der Waals surface area contributed by atoms with Gasteiger partial charge in [-0.25, -0.2) is 0 Å². The fourth-order valence-corrected chi connectivity index (χ4v) is 7.58. The van der Waals surface area contributed by atoms with Gasteiger partial charge in [-0.15, -0.1) is 0 Å². The van der Waals surface area contributed by atoms with Crippen molar-refractivity contribution >= 4 is 16.8 Å². The summed E-state index contributed by atoms with van der Waals surface area (Å²) in [5.74, 6) is 3.06. The van der Waals surface area contributed by atoms with Gasteiger partial charge in [-0.3, -0.25) is 0 Å². The molecule has 1 atom stereocenters.